The summed E-state index contributed by atoms with van der Waals surface area (Å²) in [5.41, 5.74) is 4.70. The number of fused-ring (bicyclic) bond motifs is 1. The average Bonchev–Trinajstić information content (AvgIpc) is 3.30. The van der Waals surface area contributed by atoms with Crippen molar-refractivity contribution in [3.63, 3.8) is 0 Å². The summed E-state index contributed by atoms with van der Waals surface area (Å²) in [5.74, 6) is 1.31. The Balaban J connectivity index is 1.41. The fourth-order valence-electron chi connectivity index (χ4n) is 3.69. The summed E-state index contributed by atoms with van der Waals surface area (Å²) in [5, 5.41) is 11.4. The van der Waals surface area contributed by atoms with Gasteiger partial charge in [-0.2, -0.15) is 0 Å². The number of nitrogens with zero attached hydrogens (tertiary/aromatic N) is 3. The number of hydrogen-bond donors (Lipinski definition) is 2. The van der Waals surface area contributed by atoms with E-state index >= 15 is 0 Å². The number of benzene rings is 3. The first kappa shape index (κ1) is 22.7. The van der Waals surface area contributed by atoms with E-state index in [1.54, 1.807) is 48.2 Å². The number of nitrogens with one attached hydrogen (secondary N) is 2. The second-order valence-corrected chi connectivity index (χ2v) is 8.86. The van der Waals surface area contributed by atoms with Crippen molar-refractivity contribution >= 4 is 23.4 Å². The highest BCUT2D eigenvalue weighted by Gasteiger charge is 2.38. The number of anilines is 1. The summed E-state index contributed by atoms with van der Waals surface area (Å²) in [7, 11) is 1.57. The van der Waals surface area contributed by atoms with Crippen molar-refractivity contribution in [3.05, 3.63) is 96.1 Å². The molecule has 0 bridgehead atoms. The van der Waals surface area contributed by atoms with Crippen LogP contribution >= 0.6 is 11.8 Å². The van der Waals surface area contributed by atoms with Crippen molar-refractivity contribution in [1.29, 1.82) is 0 Å². The van der Waals surface area contributed by atoms with E-state index in [1.165, 1.54) is 23.9 Å². The Morgan fingerprint density at radius 1 is 1.06 bits per heavy atom. The highest BCUT2D eigenvalue weighted by molar-refractivity contribution is 8.00. The smallest absolute Gasteiger partial charge is 0.240 e. The van der Waals surface area contributed by atoms with Gasteiger partial charge in [-0.25, -0.2) is 9.07 Å². The number of hydrogen-bond acceptors (Lipinski definition) is 7. The van der Waals surface area contributed by atoms with Crippen LogP contribution in [0.25, 0.3) is 0 Å². The van der Waals surface area contributed by atoms with Gasteiger partial charge in [-0.1, -0.05) is 48.2 Å². The molecule has 178 valence electrons. The first-order valence-corrected chi connectivity index (χ1v) is 11.7. The Morgan fingerprint density at radius 2 is 1.83 bits per heavy atom. The van der Waals surface area contributed by atoms with Gasteiger partial charge >= 0.3 is 0 Å². The second-order valence-electron chi connectivity index (χ2n) is 7.75. The maximum absolute atomic E-state index is 13.6. The van der Waals surface area contributed by atoms with Crippen LogP contribution in [0.1, 0.15) is 17.4 Å². The molecule has 1 amide bonds. The molecule has 0 saturated carbocycles. The molecule has 1 aliphatic rings. The third-order valence-corrected chi connectivity index (χ3v) is 6.65. The number of rotatable bonds is 7. The highest BCUT2D eigenvalue weighted by atomic mass is 32.2. The van der Waals surface area contributed by atoms with Crippen molar-refractivity contribution in [2.24, 2.45) is 0 Å². The quantitative estimate of drug-likeness (QED) is 0.396. The average molecular weight is 492 g/mol. The third-order valence-electron chi connectivity index (χ3n) is 5.44. The number of aromatic nitrogens is 3. The molecule has 1 aromatic heterocycles. The molecule has 35 heavy (non-hydrogen) atoms. The Morgan fingerprint density at radius 3 is 2.60 bits per heavy atom. The lowest BCUT2D eigenvalue weighted by atomic mass is 10.0. The Labute approximate surface area is 205 Å². The molecule has 5 rings (SSSR count). The molecule has 3 aromatic carbocycles. The van der Waals surface area contributed by atoms with E-state index in [4.69, 9.17) is 9.47 Å². The van der Waals surface area contributed by atoms with Crippen molar-refractivity contribution in [3.8, 4) is 11.5 Å². The fraction of sp³-hybridized carbons (Fsp3) is 0.160. The van der Waals surface area contributed by atoms with Gasteiger partial charge in [0.05, 0.1) is 13.2 Å². The van der Waals surface area contributed by atoms with Gasteiger partial charge in [0.1, 0.15) is 29.2 Å². The topological polar surface area (TPSA) is 90.3 Å². The fourth-order valence-corrected chi connectivity index (χ4v) is 4.79. The third kappa shape index (κ3) is 5.07. The molecule has 2 atom stereocenters. The molecular weight excluding hydrogens is 469 g/mol. The zero-order valence-corrected chi connectivity index (χ0v) is 19.5. The standard InChI is InChI=1S/C25H22FN5O3S/c1-33-20-9-5-6-18(14-20)27-24(32)23-22(16-10-12-17(26)13-11-16)30-31-21(28-29-25(31)35-23)15-34-19-7-3-2-4-8-19/h2-14,22-23,30H,15H2,1H3,(H,27,32)/t22-,23-/m1/s1. The summed E-state index contributed by atoms with van der Waals surface area (Å²) in [6.45, 7) is 0.182. The summed E-state index contributed by atoms with van der Waals surface area (Å²) < 4.78 is 26.4. The van der Waals surface area contributed by atoms with E-state index in [9.17, 15) is 9.18 Å². The summed E-state index contributed by atoms with van der Waals surface area (Å²) in [6, 6.07) is 22.1. The number of thioether (sulfide) groups is 1. The molecular formula is C25H22FN5O3S. The summed E-state index contributed by atoms with van der Waals surface area (Å²) in [4.78, 5) is 13.4. The lowest BCUT2D eigenvalue weighted by molar-refractivity contribution is -0.116. The number of halogens is 1. The molecule has 8 nitrogen and oxygen atoms in total. The van der Waals surface area contributed by atoms with Crippen LogP contribution in [0, 0.1) is 5.82 Å². The summed E-state index contributed by atoms with van der Waals surface area (Å²) >= 11 is 1.28. The molecule has 0 unspecified atom stereocenters. The van der Waals surface area contributed by atoms with Crippen LogP contribution in [0.5, 0.6) is 11.5 Å². The number of ether oxygens (including phenoxy) is 2. The van der Waals surface area contributed by atoms with Gasteiger partial charge in [0.2, 0.25) is 11.1 Å². The minimum absolute atomic E-state index is 0.182. The van der Waals surface area contributed by atoms with Gasteiger partial charge in [-0.05, 0) is 42.0 Å². The lowest BCUT2D eigenvalue weighted by Gasteiger charge is -2.33. The first-order chi connectivity index (χ1) is 17.1. The van der Waals surface area contributed by atoms with Crippen molar-refractivity contribution in [1.82, 2.24) is 14.9 Å². The monoisotopic (exact) mass is 491 g/mol. The van der Waals surface area contributed by atoms with Crippen molar-refractivity contribution in [2.75, 3.05) is 17.9 Å². The molecule has 0 fully saturated rings. The zero-order chi connectivity index (χ0) is 24.2. The van der Waals surface area contributed by atoms with E-state index < -0.39 is 11.3 Å². The predicted molar refractivity (Wildman–Crippen MR) is 131 cm³/mol. The SMILES string of the molecule is COc1cccc(NC(=O)[C@@H]2Sc3nnc(COc4ccccc4)n3N[C@@H]2c2ccc(F)cc2)c1. The molecule has 0 radical (unpaired) electrons. The number of carbonyl (C=O) groups is 1. The van der Waals surface area contributed by atoms with Crippen LogP contribution in [0.3, 0.4) is 0 Å². The number of methoxy groups -OCH3 is 1. The first-order valence-electron chi connectivity index (χ1n) is 10.9. The molecule has 0 spiro atoms. The molecule has 2 N–H and O–H groups in total. The van der Waals surface area contributed by atoms with Crippen LogP contribution < -0.4 is 20.2 Å². The highest BCUT2D eigenvalue weighted by Crippen LogP contribution is 2.38. The van der Waals surface area contributed by atoms with E-state index in [0.717, 1.165) is 5.56 Å². The Kier molecular flexibility index (Phi) is 6.53. The van der Waals surface area contributed by atoms with Gasteiger partial charge in [0.15, 0.2) is 5.82 Å². The number of amides is 1. The van der Waals surface area contributed by atoms with E-state index in [0.29, 0.717) is 28.2 Å². The summed E-state index contributed by atoms with van der Waals surface area (Å²) in [6.07, 6.45) is 0. The van der Waals surface area contributed by atoms with E-state index in [-0.39, 0.29) is 18.3 Å². The van der Waals surface area contributed by atoms with Crippen LogP contribution in [-0.4, -0.2) is 33.1 Å². The van der Waals surface area contributed by atoms with Crippen molar-refractivity contribution in [2.45, 2.75) is 23.1 Å². The van der Waals surface area contributed by atoms with Crippen molar-refractivity contribution < 1.29 is 18.7 Å². The van der Waals surface area contributed by atoms with Gasteiger partial charge in [0.25, 0.3) is 0 Å². The van der Waals surface area contributed by atoms with E-state index in [2.05, 4.69) is 20.9 Å². The predicted octanol–water partition coefficient (Wildman–Crippen LogP) is 4.40. The molecule has 0 aliphatic carbocycles. The van der Waals surface area contributed by atoms with Crippen LogP contribution in [0.2, 0.25) is 0 Å². The lowest BCUT2D eigenvalue weighted by Crippen LogP contribution is -2.41. The minimum atomic E-state index is -0.605. The Hall–Kier alpha value is -4.05. The molecule has 0 saturated heterocycles. The second kappa shape index (κ2) is 10.1. The van der Waals surface area contributed by atoms with Gasteiger partial charge in [0, 0.05) is 11.8 Å². The molecule has 4 aromatic rings. The van der Waals surface area contributed by atoms with Crippen LogP contribution in [0.4, 0.5) is 10.1 Å². The van der Waals surface area contributed by atoms with Crippen LogP contribution in [0.15, 0.2) is 84.0 Å². The van der Waals surface area contributed by atoms with Crippen LogP contribution in [-0.2, 0) is 11.4 Å². The number of carbonyl (C=O) groups excluding carboxylic acids is 1. The number of para-hydroxylation sites is 1. The maximum atomic E-state index is 13.6. The largest absolute Gasteiger partial charge is 0.497 e. The minimum Gasteiger partial charge on any atom is -0.497 e. The normalized spacial score (nSPS) is 16.6. The molecule has 1 aliphatic heterocycles. The Bertz CT molecular complexity index is 1320. The zero-order valence-electron chi connectivity index (χ0n) is 18.7. The molecule has 2 heterocycles. The van der Waals surface area contributed by atoms with E-state index in [1.807, 2.05) is 30.3 Å². The molecule has 10 heteroatoms. The van der Waals surface area contributed by atoms with Gasteiger partial charge in [-0.3, -0.25) is 4.79 Å². The van der Waals surface area contributed by atoms with Gasteiger partial charge in [-0.15, -0.1) is 10.2 Å². The maximum Gasteiger partial charge on any atom is 0.240 e. The van der Waals surface area contributed by atoms with Gasteiger partial charge < -0.3 is 20.2 Å².